The first kappa shape index (κ1) is 44.7. The molecule has 0 N–H and O–H groups in total. The second-order valence-electron chi connectivity index (χ2n) is 21.8. The highest BCUT2D eigenvalue weighted by atomic mass is 15.1. The summed E-state index contributed by atoms with van der Waals surface area (Å²) in [4.78, 5) is 2.35. The molecule has 1 heterocycles. The molecule has 13 rings (SSSR count). The Labute approximate surface area is 430 Å². The molecule has 0 saturated heterocycles. The molecule has 73 heavy (non-hydrogen) atoms. The maximum atomic E-state index is 2.62. The van der Waals surface area contributed by atoms with E-state index in [1.54, 1.807) is 0 Å². The van der Waals surface area contributed by atoms with E-state index in [-0.39, 0.29) is 22.7 Å². The van der Waals surface area contributed by atoms with Crippen LogP contribution >= 0.6 is 0 Å². The van der Waals surface area contributed by atoms with E-state index in [0.29, 0.717) is 0 Å². The summed E-state index contributed by atoms with van der Waals surface area (Å²) in [5.41, 5.74) is 26.8. The van der Waals surface area contributed by atoms with E-state index in [0.717, 1.165) is 17.1 Å². The summed E-state index contributed by atoms with van der Waals surface area (Å²) in [5, 5.41) is 2.53. The Bertz CT molecular complexity index is 3910. The minimum absolute atomic E-state index is 0.0890. The molecule has 354 valence electrons. The van der Waals surface area contributed by atoms with Crippen LogP contribution in [0.4, 0.5) is 17.1 Å². The highest BCUT2D eigenvalue weighted by Crippen LogP contribution is 2.54. The Morgan fingerprint density at radius 2 is 0.904 bits per heavy atom. The van der Waals surface area contributed by atoms with Crippen LogP contribution in [0, 0.1) is 6.92 Å². The number of hydrogen-bond donors (Lipinski definition) is 0. The van der Waals surface area contributed by atoms with E-state index in [9.17, 15) is 0 Å². The lowest BCUT2D eigenvalue weighted by atomic mass is 9.75. The fourth-order valence-electron chi connectivity index (χ4n) is 13.0. The Kier molecular flexibility index (Phi) is 10.4. The zero-order valence-corrected chi connectivity index (χ0v) is 42.9. The van der Waals surface area contributed by atoms with Gasteiger partial charge in [-0.05, 0) is 163 Å². The molecule has 0 unspecified atom stereocenters. The van der Waals surface area contributed by atoms with Crippen molar-refractivity contribution in [2.24, 2.45) is 0 Å². The highest BCUT2D eigenvalue weighted by molar-refractivity contribution is 6.15. The lowest BCUT2D eigenvalue weighted by Gasteiger charge is -2.30. The summed E-state index contributed by atoms with van der Waals surface area (Å²) >= 11 is 0. The zero-order valence-electron chi connectivity index (χ0n) is 42.9. The van der Waals surface area contributed by atoms with Gasteiger partial charge in [-0.1, -0.05) is 205 Å². The van der Waals surface area contributed by atoms with Gasteiger partial charge >= 0.3 is 0 Å². The summed E-state index contributed by atoms with van der Waals surface area (Å²) in [6.07, 6.45) is 0. The van der Waals surface area contributed by atoms with Gasteiger partial charge in [0.15, 0.2) is 0 Å². The summed E-state index contributed by atoms with van der Waals surface area (Å²) in [5.74, 6) is 0.254. The van der Waals surface area contributed by atoms with Gasteiger partial charge in [-0.15, -0.1) is 0 Å². The van der Waals surface area contributed by atoms with Crippen LogP contribution < -0.4 is 4.90 Å². The monoisotopic (exact) mass is 940 g/mol. The first-order valence-electron chi connectivity index (χ1n) is 26.2. The van der Waals surface area contributed by atoms with Crippen LogP contribution in [0.15, 0.2) is 224 Å². The predicted octanol–water partition coefficient (Wildman–Crippen LogP) is 19.4. The molecule has 0 fully saturated rings. The van der Waals surface area contributed by atoms with Crippen LogP contribution in [0.5, 0.6) is 0 Å². The Balaban J connectivity index is 1.08. The van der Waals surface area contributed by atoms with Crippen molar-refractivity contribution < 1.29 is 0 Å². The number of aryl methyl sites for hydroxylation is 1. The first-order chi connectivity index (χ1) is 35.5. The highest BCUT2D eigenvalue weighted by Gasteiger charge is 2.38. The SMILES string of the molecule is Cc1ccccc1-c1c(-c2ccc(N(c3ccccc3)c3ccccc3)cc2)cc2c3ccccc3n(-c3ccc4c(c3)C(C)(C)c3ccccc3-4)c2c1[C@H](C)[C@@H](C)c1ccc2c(c1)C(C)(C)c1ccccc1-2. The molecular formula is C71H60N2. The molecule has 0 amide bonds. The van der Waals surface area contributed by atoms with E-state index < -0.39 is 0 Å². The van der Waals surface area contributed by atoms with E-state index in [4.69, 9.17) is 0 Å². The number of para-hydroxylation sites is 3. The number of anilines is 3. The summed E-state index contributed by atoms with van der Waals surface area (Å²) in [7, 11) is 0. The van der Waals surface area contributed by atoms with Gasteiger partial charge in [-0.2, -0.15) is 0 Å². The van der Waals surface area contributed by atoms with Crippen LogP contribution in [0.2, 0.25) is 0 Å². The number of aromatic nitrogens is 1. The molecule has 0 spiro atoms. The Hall–Kier alpha value is -8.20. The number of fused-ring (bicyclic) bond motifs is 9. The van der Waals surface area contributed by atoms with E-state index in [2.05, 4.69) is 282 Å². The lowest BCUT2D eigenvalue weighted by molar-refractivity contribution is 0.619. The first-order valence-corrected chi connectivity index (χ1v) is 26.2. The lowest BCUT2D eigenvalue weighted by Crippen LogP contribution is -2.16. The van der Waals surface area contributed by atoms with Crippen LogP contribution in [0.3, 0.4) is 0 Å². The third-order valence-corrected chi connectivity index (χ3v) is 17.0. The predicted molar refractivity (Wildman–Crippen MR) is 309 cm³/mol. The summed E-state index contributed by atoms with van der Waals surface area (Å²) in [6.45, 7) is 16.9. The van der Waals surface area contributed by atoms with E-state index in [1.165, 1.54) is 111 Å². The normalized spacial score (nSPS) is 14.6. The Morgan fingerprint density at radius 1 is 0.397 bits per heavy atom. The maximum absolute atomic E-state index is 2.62. The average Bonchev–Trinajstić information content (AvgIpc) is 3.97. The number of benzene rings is 10. The van der Waals surface area contributed by atoms with Crippen molar-refractivity contribution in [2.75, 3.05) is 4.90 Å². The van der Waals surface area contributed by atoms with E-state index >= 15 is 0 Å². The molecule has 2 aliphatic carbocycles. The third-order valence-electron chi connectivity index (χ3n) is 17.0. The van der Waals surface area contributed by atoms with Crippen molar-refractivity contribution in [3.8, 4) is 50.2 Å². The Morgan fingerprint density at radius 3 is 1.53 bits per heavy atom. The van der Waals surface area contributed by atoms with Gasteiger partial charge in [0.05, 0.1) is 11.0 Å². The van der Waals surface area contributed by atoms with Crippen molar-refractivity contribution in [2.45, 2.75) is 71.1 Å². The van der Waals surface area contributed by atoms with Crippen LogP contribution in [0.25, 0.3) is 72.0 Å². The van der Waals surface area contributed by atoms with Crippen molar-refractivity contribution in [3.63, 3.8) is 0 Å². The van der Waals surface area contributed by atoms with Crippen LogP contribution in [-0.4, -0.2) is 4.57 Å². The molecule has 0 bridgehead atoms. The molecule has 2 heteroatoms. The molecule has 1 aromatic heterocycles. The van der Waals surface area contributed by atoms with Crippen LogP contribution in [-0.2, 0) is 10.8 Å². The molecule has 2 aliphatic rings. The van der Waals surface area contributed by atoms with Gasteiger partial charge in [0.1, 0.15) is 0 Å². The molecule has 0 radical (unpaired) electrons. The second-order valence-corrected chi connectivity index (χ2v) is 21.8. The minimum Gasteiger partial charge on any atom is -0.311 e. The quantitative estimate of drug-likeness (QED) is 0.140. The van der Waals surface area contributed by atoms with Crippen molar-refractivity contribution >= 4 is 38.9 Å². The largest absolute Gasteiger partial charge is 0.311 e. The fourth-order valence-corrected chi connectivity index (χ4v) is 13.0. The smallest absolute Gasteiger partial charge is 0.0582 e. The molecular weight excluding hydrogens is 881 g/mol. The average molecular weight is 941 g/mol. The zero-order chi connectivity index (χ0) is 49.8. The second kappa shape index (κ2) is 17.0. The summed E-state index contributed by atoms with van der Waals surface area (Å²) < 4.78 is 2.62. The van der Waals surface area contributed by atoms with Gasteiger partial charge in [0, 0.05) is 44.4 Å². The number of hydrogen-bond acceptors (Lipinski definition) is 1. The molecule has 10 aromatic carbocycles. The van der Waals surface area contributed by atoms with Gasteiger partial charge in [0.2, 0.25) is 0 Å². The molecule has 0 saturated carbocycles. The third kappa shape index (κ3) is 6.91. The topological polar surface area (TPSA) is 8.17 Å². The van der Waals surface area contributed by atoms with Crippen molar-refractivity contribution in [1.29, 1.82) is 0 Å². The fraction of sp³-hybridized carbons (Fsp3) is 0.155. The van der Waals surface area contributed by atoms with Crippen molar-refractivity contribution in [3.05, 3.63) is 263 Å². The maximum Gasteiger partial charge on any atom is 0.0582 e. The molecule has 2 atom stereocenters. The van der Waals surface area contributed by atoms with E-state index in [1.807, 2.05) is 0 Å². The molecule has 2 nitrogen and oxygen atoms in total. The molecule has 11 aromatic rings. The van der Waals surface area contributed by atoms with Gasteiger partial charge in [-0.3, -0.25) is 0 Å². The van der Waals surface area contributed by atoms with Crippen molar-refractivity contribution in [1.82, 2.24) is 4.57 Å². The van der Waals surface area contributed by atoms with Gasteiger partial charge in [-0.25, -0.2) is 0 Å². The van der Waals surface area contributed by atoms with Gasteiger partial charge < -0.3 is 9.47 Å². The van der Waals surface area contributed by atoms with Gasteiger partial charge in [0.25, 0.3) is 0 Å². The minimum atomic E-state index is -0.144. The van der Waals surface area contributed by atoms with Crippen LogP contribution in [0.1, 0.15) is 92.3 Å². The number of rotatable bonds is 9. The standard InChI is InChI=1S/C71H60N2/c1-45-22-14-15-27-54(45)68-60(48-34-37-52(38-35-48)72(50-23-10-8-11-24-50)51-25-12-9-13-26-51)44-61-59-30-18-21-33-66(59)73(53-39-41-58-56-29-17-20-32-63(56)71(6,7)65(58)43-53)69(61)67(68)47(3)46(2)49-36-40-57-55-28-16-19-31-62(55)70(4,5)64(57)42-49/h8-44,46-47H,1-7H3/t46-,47-/m1/s1. The number of nitrogens with zero attached hydrogens (tertiary/aromatic N) is 2. The molecule has 0 aliphatic heterocycles. The summed E-state index contributed by atoms with van der Waals surface area (Å²) in [6, 6.07) is 84.1.